The fourth-order valence-corrected chi connectivity index (χ4v) is 1.24. The van der Waals surface area contributed by atoms with Crippen molar-refractivity contribution in [3.05, 3.63) is 36.7 Å². The summed E-state index contributed by atoms with van der Waals surface area (Å²) in [5.74, 6) is 1.52. The fraction of sp³-hybridized carbons (Fsp3) is 0.250. The van der Waals surface area contributed by atoms with E-state index in [1.165, 1.54) is 12.5 Å². The van der Waals surface area contributed by atoms with Crippen molar-refractivity contribution in [2.24, 2.45) is 0 Å². The summed E-state index contributed by atoms with van der Waals surface area (Å²) in [7, 11) is 0. The van der Waals surface area contributed by atoms with Crippen LogP contribution in [-0.4, -0.2) is 15.9 Å². The monoisotopic (exact) mass is 247 g/mol. The van der Waals surface area contributed by atoms with Crippen LogP contribution >= 0.6 is 0 Å². The van der Waals surface area contributed by atoms with E-state index in [1.807, 2.05) is 0 Å². The largest absolute Gasteiger partial charge is 0.482 e. The third-order valence-electron chi connectivity index (χ3n) is 2.17. The lowest BCUT2D eigenvalue weighted by molar-refractivity contribution is -0.115. The quantitative estimate of drug-likeness (QED) is 0.874. The van der Waals surface area contributed by atoms with E-state index in [9.17, 15) is 4.79 Å². The molecule has 0 spiro atoms. The Hall–Kier alpha value is -2.37. The second kappa shape index (κ2) is 5.81. The first-order valence-electron chi connectivity index (χ1n) is 5.55. The average molecular weight is 247 g/mol. The number of carbonyl (C=O) groups is 1. The number of carbonyl (C=O) groups excluding carboxylic acids is 1. The summed E-state index contributed by atoms with van der Waals surface area (Å²) < 4.78 is 10.4. The predicted molar refractivity (Wildman–Crippen MR) is 64.0 cm³/mol. The van der Waals surface area contributed by atoms with Crippen molar-refractivity contribution in [2.75, 3.05) is 5.32 Å². The van der Waals surface area contributed by atoms with Crippen LogP contribution in [0.3, 0.4) is 0 Å². The Morgan fingerprint density at radius 2 is 2.33 bits per heavy atom. The molecule has 6 heteroatoms. The summed E-state index contributed by atoms with van der Waals surface area (Å²) in [6.45, 7) is 2.03. The highest BCUT2D eigenvalue weighted by molar-refractivity contribution is 5.89. The van der Waals surface area contributed by atoms with Crippen molar-refractivity contribution in [3.8, 4) is 5.75 Å². The number of rotatable bonds is 5. The lowest BCUT2D eigenvalue weighted by Crippen LogP contribution is -2.10. The molecule has 1 amide bonds. The molecule has 2 aromatic heterocycles. The molecule has 18 heavy (non-hydrogen) atoms. The minimum absolute atomic E-state index is 0.0732. The van der Waals surface area contributed by atoms with Crippen molar-refractivity contribution in [1.29, 1.82) is 0 Å². The van der Waals surface area contributed by atoms with Gasteiger partial charge in [-0.2, -0.15) is 0 Å². The Kier molecular flexibility index (Phi) is 3.90. The minimum atomic E-state index is -0.0732. The number of amides is 1. The zero-order valence-corrected chi connectivity index (χ0v) is 9.92. The second-order valence-electron chi connectivity index (χ2n) is 3.50. The molecule has 0 unspecified atom stereocenters. The predicted octanol–water partition coefficient (Wildman–Crippen LogP) is 2.00. The van der Waals surface area contributed by atoms with Crippen LogP contribution in [0.4, 0.5) is 5.82 Å². The number of pyridine rings is 1. The molecule has 0 aliphatic heterocycles. The average Bonchev–Trinajstić information content (AvgIpc) is 2.91. The topological polar surface area (TPSA) is 77.2 Å². The minimum Gasteiger partial charge on any atom is -0.482 e. The highest BCUT2D eigenvalue weighted by Crippen LogP contribution is 2.13. The van der Waals surface area contributed by atoms with Crippen LogP contribution in [0, 0.1) is 0 Å². The Bertz CT molecular complexity index is 494. The molecule has 0 aromatic carbocycles. The van der Waals surface area contributed by atoms with Gasteiger partial charge >= 0.3 is 0 Å². The number of nitrogens with zero attached hydrogens (tertiary/aromatic N) is 2. The van der Waals surface area contributed by atoms with Gasteiger partial charge in [0.1, 0.15) is 17.8 Å². The van der Waals surface area contributed by atoms with Gasteiger partial charge in [-0.1, -0.05) is 6.92 Å². The Morgan fingerprint density at radius 1 is 1.44 bits per heavy atom. The summed E-state index contributed by atoms with van der Waals surface area (Å²) in [6, 6.07) is 3.40. The molecule has 0 saturated heterocycles. The van der Waals surface area contributed by atoms with E-state index >= 15 is 0 Å². The first-order valence-corrected chi connectivity index (χ1v) is 5.55. The molecule has 94 valence electrons. The molecular weight excluding hydrogens is 234 g/mol. The van der Waals surface area contributed by atoms with Gasteiger partial charge < -0.3 is 14.5 Å². The SMILES string of the molecule is CCC(=O)Nc1ccc(OCc2ncco2)cn1. The molecule has 0 radical (unpaired) electrons. The van der Waals surface area contributed by atoms with Gasteiger partial charge in [0.25, 0.3) is 0 Å². The van der Waals surface area contributed by atoms with Crippen LogP contribution in [0.5, 0.6) is 5.75 Å². The van der Waals surface area contributed by atoms with Crippen LogP contribution in [0.15, 0.2) is 35.2 Å². The van der Waals surface area contributed by atoms with E-state index in [1.54, 1.807) is 25.3 Å². The first-order chi connectivity index (χ1) is 8.78. The van der Waals surface area contributed by atoms with E-state index in [2.05, 4.69) is 15.3 Å². The van der Waals surface area contributed by atoms with Crippen LogP contribution in [0.2, 0.25) is 0 Å². The number of aromatic nitrogens is 2. The second-order valence-corrected chi connectivity index (χ2v) is 3.50. The van der Waals surface area contributed by atoms with E-state index < -0.39 is 0 Å². The number of hydrogen-bond acceptors (Lipinski definition) is 5. The number of ether oxygens (including phenoxy) is 1. The van der Waals surface area contributed by atoms with Gasteiger partial charge in [0, 0.05) is 6.42 Å². The van der Waals surface area contributed by atoms with E-state index in [-0.39, 0.29) is 12.5 Å². The maximum absolute atomic E-state index is 11.1. The third-order valence-corrected chi connectivity index (χ3v) is 2.17. The van der Waals surface area contributed by atoms with Crippen molar-refractivity contribution in [2.45, 2.75) is 20.0 Å². The van der Waals surface area contributed by atoms with Crippen LogP contribution in [-0.2, 0) is 11.4 Å². The van der Waals surface area contributed by atoms with Crippen LogP contribution in [0.1, 0.15) is 19.2 Å². The standard InChI is InChI=1S/C12H13N3O3/c1-2-11(16)15-10-4-3-9(7-14-10)18-8-12-13-5-6-17-12/h3-7H,2,8H2,1H3,(H,14,15,16). The number of anilines is 1. The fourth-order valence-electron chi connectivity index (χ4n) is 1.24. The highest BCUT2D eigenvalue weighted by atomic mass is 16.5. The number of nitrogens with one attached hydrogen (secondary N) is 1. The zero-order chi connectivity index (χ0) is 12.8. The van der Waals surface area contributed by atoms with Gasteiger partial charge in [0.15, 0.2) is 6.61 Å². The Morgan fingerprint density at radius 3 is 2.94 bits per heavy atom. The molecule has 0 saturated carbocycles. The highest BCUT2D eigenvalue weighted by Gasteiger charge is 2.02. The van der Waals surface area contributed by atoms with Crippen molar-refractivity contribution in [1.82, 2.24) is 9.97 Å². The normalized spacial score (nSPS) is 10.1. The zero-order valence-electron chi connectivity index (χ0n) is 9.92. The lowest BCUT2D eigenvalue weighted by atomic mass is 10.4. The number of hydrogen-bond donors (Lipinski definition) is 1. The van der Waals surface area contributed by atoms with Crippen LogP contribution < -0.4 is 10.1 Å². The van der Waals surface area contributed by atoms with Gasteiger partial charge in [-0.3, -0.25) is 4.79 Å². The summed E-state index contributed by atoms with van der Waals surface area (Å²) in [6.07, 6.45) is 5.00. The molecule has 1 N–H and O–H groups in total. The smallest absolute Gasteiger partial charge is 0.232 e. The van der Waals surface area contributed by atoms with Gasteiger partial charge in [-0.05, 0) is 12.1 Å². The van der Waals surface area contributed by atoms with Gasteiger partial charge in [-0.25, -0.2) is 9.97 Å². The van der Waals surface area contributed by atoms with Gasteiger partial charge in [0.2, 0.25) is 11.8 Å². The summed E-state index contributed by atoms with van der Waals surface area (Å²) in [4.78, 5) is 19.1. The maximum Gasteiger partial charge on any atom is 0.232 e. The lowest BCUT2D eigenvalue weighted by Gasteiger charge is -2.05. The van der Waals surface area contributed by atoms with Crippen molar-refractivity contribution >= 4 is 11.7 Å². The van der Waals surface area contributed by atoms with E-state index in [0.717, 1.165) is 0 Å². The molecule has 6 nitrogen and oxygen atoms in total. The molecule has 2 rings (SSSR count). The molecule has 0 aliphatic rings. The van der Waals surface area contributed by atoms with E-state index in [0.29, 0.717) is 23.9 Å². The summed E-state index contributed by atoms with van der Waals surface area (Å²) in [5, 5.41) is 2.65. The van der Waals surface area contributed by atoms with Gasteiger partial charge in [-0.15, -0.1) is 0 Å². The van der Waals surface area contributed by atoms with Crippen molar-refractivity contribution in [3.63, 3.8) is 0 Å². The van der Waals surface area contributed by atoms with E-state index in [4.69, 9.17) is 9.15 Å². The molecule has 0 aliphatic carbocycles. The van der Waals surface area contributed by atoms with Crippen LogP contribution in [0.25, 0.3) is 0 Å². The summed E-state index contributed by atoms with van der Waals surface area (Å²) in [5.41, 5.74) is 0. The maximum atomic E-state index is 11.1. The van der Waals surface area contributed by atoms with Gasteiger partial charge in [0.05, 0.1) is 12.4 Å². The first kappa shape index (κ1) is 12.1. The molecule has 2 aromatic rings. The molecular formula is C12H13N3O3. The summed E-state index contributed by atoms with van der Waals surface area (Å²) >= 11 is 0. The van der Waals surface area contributed by atoms with Crippen molar-refractivity contribution < 1.29 is 13.9 Å². The Balaban J connectivity index is 1.89. The molecule has 0 atom stereocenters. The molecule has 0 fully saturated rings. The molecule has 2 heterocycles. The molecule has 0 bridgehead atoms. The third kappa shape index (κ3) is 3.31. The number of oxazole rings is 1. The Labute approximate surface area is 104 Å².